The highest BCUT2D eigenvalue weighted by Crippen LogP contribution is 2.30. The molecule has 0 spiro atoms. The molecule has 0 aliphatic rings. The third-order valence-corrected chi connectivity index (χ3v) is 3.79. The normalized spacial score (nSPS) is 13.0. The third-order valence-electron chi connectivity index (χ3n) is 3.79. The highest BCUT2D eigenvalue weighted by atomic mass is 19.4. The molecule has 1 aromatic heterocycles. The Bertz CT molecular complexity index is 872. The number of alkyl carbamates (subject to hydrolysis) is 1. The summed E-state index contributed by atoms with van der Waals surface area (Å²) in [5, 5.41) is 2.41. The van der Waals surface area contributed by atoms with E-state index in [1.54, 1.807) is 6.92 Å². The Morgan fingerprint density at radius 1 is 1.06 bits per heavy atom. The quantitative estimate of drug-likeness (QED) is 0.619. The van der Waals surface area contributed by atoms with Gasteiger partial charge in [-0.15, -0.1) is 0 Å². The lowest BCUT2D eigenvalue weighted by Crippen LogP contribution is -2.36. The number of ether oxygens (including phenoxy) is 4. The predicted molar refractivity (Wildman–Crippen MR) is 102 cm³/mol. The zero-order valence-electron chi connectivity index (χ0n) is 16.9. The molecule has 0 bridgehead atoms. The van der Waals surface area contributed by atoms with Gasteiger partial charge >= 0.3 is 18.2 Å². The topological polar surface area (TPSA) is 96.0 Å². The van der Waals surface area contributed by atoms with Gasteiger partial charge in [0.15, 0.2) is 6.10 Å². The van der Waals surface area contributed by atoms with Gasteiger partial charge in [0.1, 0.15) is 17.6 Å². The monoisotopic (exact) mass is 442 g/mol. The van der Waals surface area contributed by atoms with Crippen molar-refractivity contribution in [1.82, 2.24) is 10.3 Å². The molecule has 0 radical (unpaired) electrons. The molecule has 1 amide bonds. The minimum absolute atomic E-state index is 0.00633. The summed E-state index contributed by atoms with van der Waals surface area (Å²) >= 11 is 0. The van der Waals surface area contributed by atoms with Crippen LogP contribution in [-0.4, -0.2) is 42.9 Å². The van der Waals surface area contributed by atoms with Crippen LogP contribution in [0.25, 0.3) is 0 Å². The summed E-state index contributed by atoms with van der Waals surface area (Å²) in [4.78, 5) is 26.7. The number of nitrogens with one attached hydrogen (secondary N) is 1. The van der Waals surface area contributed by atoms with Crippen LogP contribution in [-0.2, 0) is 20.4 Å². The smallest absolute Gasteiger partial charge is 0.417 e. The number of nitrogens with zero attached hydrogens (tertiary/aromatic N) is 1. The lowest BCUT2D eigenvalue weighted by Gasteiger charge is -2.18. The lowest BCUT2D eigenvalue weighted by molar-refractivity contribution is -0.155. The fourth-order valence-electron chi connectivity index (χ4n) is 2.20. The number of rotatable bonds is 8. The average Bonchev–Trinajstić information content (AvgIpc) is 2.73. The Labute approximate surface area is 176 Å². The van der Waals surface area contributed by atoms with Crippen LogP contribution >= 0.6 is 0 Å². The van der Waals surface area contributed by atoms with Crippen LogP contribution < -0.4 is 14.8 Å². The molecule has 2 aromatic rings. The first kappa shape index (κ1) is 23.8. The van der Waals surface area contributed by atoms with Crippen molar-refractivity contribution in [2.45, 2.75) is 32.2 Å². The van der Waals surface area contributed by atoms with Crippen molar-refractivity contribution in [2.24, 2.45) is 0 Å². The fourth-order valence-corrected chi connectivity index (χ4v) is 2.20. The van der Waals surface area contributed by atoms with Crippen LogP contribution in [0.1, 0.15) is 19.4 Å². The minimum Gasteiger partial charge on any atom is -0.479 e. The molecule has 11 heteroatoms. The van der Waals surface area contributed by atoms with Crippen molar-refractivity contribution in [2.75, 3.05) is 13.7 Å². The summed E-state index contributed by atoms with van der Waals surface area (Å²) < 4.78 is 58.2. The first-order valence-corrected chi connectivity index (χ1v) is 9.08. The predicted octanol–water partition coefficient (Wildman–Crippen LogP) is 3.95. The van der Waals surface area contributed by atoms with Crippen molar-refractivity contribution in [3.05, 3.63) is 48.2 Å². The molecule has 168 valence electrons. The molecule has 1 heterocycles. The van der Waals surface area contributed by atoms with Gasteiger partial charge in [0.05, 0.1) is 19.2 Å². The van der Waals surface area contributed by atoms with E-state index in [0.29, 0.717) is 17.7 Å². The molecule has 0 aliphatic carbocycles. The number of hydrogen-bond acceptors (Lipinski definition) is 7. The molecular weight excluding hydrogens is 421 g/mol. The summed E-state index contributed by atoms with van der Waals surface area (Å²) in [5.41, 5.74) is -0.875. The molecule has 0 saturated heterocycles. The van der Waals surface area contributed by atoms with Crippen LogP contribution in [0.15, 0.2) is 42.6 Å². The van der Waals surface area contributed by atoms with Gasteiger partial charge in [-0.25, -0.2) is 14.6 Å². The van der Waals surface area contributed by atoms with Gasteiger partial charge in [-0.2, -0.15) is 13.2 Å². The zero-order chi connectivity index (χ0) is 23.0. The minimum atomic E-state index is -4.47. The summed E-state index contributed by atoms with van der Waals surface area (Å²) in [6.07, 6.45) is -5.95. The molecule has 1 aromatic carbocycles. The van der Waals surface area contributed by atoms with E-state index in [9.17, 15) is 22.8 Å². The number of methoxy groups -OCH3 is 1. The SMILES string of the molecule is COC(=O)NCC(C)OC(=O)C(C)Oc1ccc(Oc2ccc(C(F)(F)F)cn2)cc1. The number of hydrogen-bond donors (Lipinski definition) is 1. The van der Waals surface area contributed by atoms with Crippen LogP contribution in [0.4, 0.5) is 18.0 Å². The van der Waals surface area contributed by atoms with E-state index in [4.69, 9.17) is 14.2 Å². The summed E-state index contributed by atoms with van der Waals surface area (Å²) in [6.45, 7) is 3.18. The summed E-state index contributed by atoms with van der Waals surface area (Å²) in [5.74, 6) is 0.0245. The van der Waals surface area contributed by atoms with Crippen molar-refractivity contribution in [3.8, 4) is 17.4 Å². The largest absolute Gasteiger partial charge is 0.479 e. The second-order valence-electron chi connectivity index (χ2n) is 6.34. The highest BCUT2D eigenvalue weighted by Gasteiger charge is 2.30. The summed E-state index contributed by atoms with van der Waals surface area (Å²) in [6, 6.07) is 8.04. The van der Waals surface area contributed by atoms with E-state index in [1.165, 1.54) is 38.3 Å². The Kier molecular flexibility index (Phi) is 8.06. The molecule has 2 atom stereocenters. The number of pyridine rings is 1. The van der Waals surface area contributed by atoms with Crippen LogP contribution in [0.2, 0.25) is 0 Å². The Morgan fingerprint density at radius 3 is 2.26 bits per heavy atom. The van der Waals surface area contributed by atoms with Crippen molar-refractivity contribution >= 4 is 12.1 Å². The van der Waals surface area contributed by atoms with Gasteiger partial charge in [-0.1, -0.05) is 0 Å². The van der Waals surface area contributed by atoms with Crippen LogP contribution in [0.3, 0.4) is 0 Å². The number of carbonyl (C=O) groups excluding carboxylic acids is 2. The highest BCUT2D eigenvalue weighted by molar-refractivity contribution is 5.75. The molecule has 2 rings (SSSR count). The number of aromatic nitrogens is 1. The van der Waals surface area contributed by atoms with Gasteiger partial charge in [0.25, 0.3) is 0 Å². The molecule has 2 unspecified atom stereocenters. The van der Waals surface area contributed by atoms with Crippen LogP contribution in [0.5, 0.6) is 17.4 Å². The van der Waals surface area contributed by atoms with Crippen molar-refractivity contribution < 1.29 is 41.7 Å². The second-order valence-corrected chi connectivity index (χ2v) is 6.34. The Morgan fingerprint density at radius 2 is 1.71 bits per heavy atom. The van der Waals surface area contributed by atoms with E-state index in [-0.39, 0.29) is 12.4 Å². The molecular formula is C20H21F3N2O6. The van der Waals surface area contributed by atoms with Gasteiger partial charge in [0.2, 0.25) is 5.88 Å². The Hall–Kier alpha value is -3.50. The van der Waals surface area contributed by atoms with E-state index in [1.807, 2.05) is 0 Å². The molecule has 1 N–H and O–H groups in total. The van der Waals surface area contributed by atoms with Gasteiger partial charge in [-0.3, -0.25) is 0 Å². The van der Waals surface area contributed by atoms with Gasteiger partial charge in [0, 0.05) is 12.3 Å². The molecule has 0 saturated carbocycles. The van der Waals surface area contributed by atoms with E-state index in [0.717, 1.165) is 12.1 Å². The first-order chi connectivity index (χ1) is 14.6. The number of amides is 1. The maximum atomic E-state index is 12.6. The maximum absolute atomic E-state index is 12.6. The van der Waals surface area contributed by atoms with Gasteiger partial charge < -0.3 is 24.3 Å². The molecule has 0 aliphatic heterocycles. The van der Waals surface area contributed by atoms with E-state index in [2.05, 4.69) is 15.0 Å². The third kappa shape index (κ3) is 7.68. The standard InChI is InChI=1S/C20H21F3N2O6/c1-12(10-25-19(27)28-3)29-18(26)13(2)30-15-5-7-16(8-6-15)31-17-9-4-14(11-24-17)20(21,22)23/h4-9,11-13H,10H2,1-3H3,(H,25,27). The lowest BCUT2D eigenvalue weighted by atomic mass is 10.3. The van der Waals surface area contributed by atoms with E-state index < -0.39 is 36.0 Å². The maximum Gasteiger partial charge on any atom is 0.417 e. The number of esters is 1. The van der Waals surface area contributed by atoms with Gasteiger partial charge in [-0.05, 0) is 44.2 Å². The molecule has 8 nitrogen and oxygen atoms in total. The number of benzene rings is 1. The number of halogens is 3. The second kappa shape index (κ2) is 10.5. The summed E-state index contributed by atoms with van der Waals surface area (Å²) in [7, 11) is 1.22. The van der Waals surface area contributed by atoms with Crippen LogP contribution in [0, 0.1) is 0 Å². The Balaban J connectivity index is 1.85. The number of alkyl halides is 3. The molecule has 0 fully saturated rings. The first-order valence-electron chi connectivity index (χ1n) is 9.08. The number of carbonyl (C=O) groups is 2. The average molecular weight is 442 g/mol. The van der Waals surface area contributed by atoms with Crippen molar-refractivity contribution in [1.29, 1.82) is 0 Å². The molecule has 31 heavy (non-hydrogen) atoms. The zero-order valence-corrected chi connectivity index (χ0v) is 16.9. The van der Waals surface area contributed by atoms with Crippen molar-refractivity contribution in [3.63, 3.8) is 0 Å². The van der Waals surface area contributed by atoms with E-state index >= 15 is 0 Å². The fraction of sp³-hybridized carbons (Fsp3) is 0.350.